The Morgan fingerprint density at radius 2 is 1.45 bits per heavy atom. The molecule has 4 unspecified atom stereocenters. The topological polar surface area (TPSA) is 85.3 Å². The first kappa shape index (κ1) is 28.0. The Balaban J connectivity index is 1.70. The molecule has 2 fully saturated rings. The lowest BCUT2D eigenvalue weighted by atomic mass is 9.75. The summed E-state index contributed by atoms with van der Waals surface area (Å²) in [6, 6.07) is 13.5. The van der Waals surface area contributed by atoms with Gasteiger partial charge in [0.2, 0.25) is 5.91 Å². The van der Waals surface area contributed by atoms with E-state index in [-0.39, 0.29) is 17.9 Å². The lowest BCUT2D eigenvalue weighted by molar-refractivity contribution is -0.190. The Morgan fingerprint density at radius 1 is 0.921 bits per heavy atom. The highest BCUT2D eigenvalue weighted by Gasteiger charge is 2.57. The number of amides is 1. The summed E-state index contributed by atoms with van der Waals surface area (Å²) in [5.41, 5.74) is 1.66. The highest BCUT2D eigenvalue weighted by molar-refractivity contribution is 5.98. The summed E-state index contributed by atoms with van der Waals surface area (Å²) in [7, 11) is 3.20. The lowest BCUT2D eigenvalue weighted by Crippen LogP contribution is -2.68. The van der Waals surface area contributed by atoms with Crippen LogP contribution in [0.5, 0.6) is 11.5 Å². The van der Waals surface area contributed by atoms with Gasteiger partial charge in [0.1, 0.15) is 23.6 Å². The Bertz CT molecular complexity index is 1050. The van der Waals surface area contributed by atoms with Crippen molar-refractivity contribution in [2.24, 2.45) is 23.7 Å². The first-order valence-electron chi connectivity index (χ1n) is 13.6. The van der Waals surface area contributed by atoms with Gasteiger partial charge < -0.3 is 24.2 Å². The monoisotopic (exact) mass is 523 g/mol. The summed E-state index contributed by atoms with van der Waals surface area (Å²) >= 11 is 0. The van der Waals surface area contributed by atoms with E-state index in [2.05, 4.69) is 20.8 Å². The molecule has 1 saturated heterocycles. The van der Waals surface area contributed by atoms with Gasteiger partial charge in [0.15, 0.2) is 0 Å². The van der Waals surface area contributed by atoms with Gasteiger partial charge in [0.25, 0.3) is 0 Å². The third-order valence-electron chi connectivity index (χ3n) is 8.31. The van der Waals surface area contributed by atoms with Crippen molar-refractivity contribution in [2.75, 3.05) is 14.2 Å². The standard InChI is InChI=1S/C31H41NO6/c1-18(2)25-16-7-19(3)17-26(25)38-31(35)29-27(20(4)33)30(34)32(29)28(21-8-12-23(36-5)13-9-21)22-10-14-24(37-6)15-11-22/h8-15,18-20,25-29,33H,7,16-17H2,1-6H3/t19?,20?,25-,26-,27?,29?/m0/s1. The summed E-state index contributed by atoms with van der Waals surface area (Å²) < 4.78 is 16.9. The van der Waals surface area contributed by atoms with E-state index in [0.29, 0.717) is 23.3 Å². The number of carbonyl (C=O) groups excluding carboxylic acids is 2. The van der Waals surface area contributed by atoms with Gasteiger partial charge in [-0.1, -0.05) is 51.5 Å². The summed E-state index contributed by atoms with van der Waals surface area (Å²) in [4.78, 5) is 29.0. The summed E-state index contributed by atoms with van der Waals surface area (Å²) in [5.74, 6) is 0.980. The fourth-order valence-corrected chi connectivity index (χ4v) is 6.11. The van der Waals surface area contributed by atoms with Crippen LogP contribution in [-0.4, -0.2) is 54.4 Å². The van der Waals surface area contributed by atoms with Crippen LogP contribution < -0.4 is 9.47 Å². The molecule has 0 bridgehead atoms. The quantitative estimate of drug-likeness (QED) is 0.368. The highest BCUT2D eigenvalue weighted by Crippen LogP contribution is 2.43. The Labute approximate surface area is 226 Å². The van der Waals surface area contributed by atoms with Gasteiger partial charge >= 0.3 is 5.97 Å². The molecule has 1 amide bonds. The first-order chi connectivity index (χ1) is 18.2. The van der Waals surface area contributed by atoms with Gasteiger partial charge in [0.05, 0.1) is 32.3 Å². The lowest BCUT2D eigenvalue weighted by Gasteiger charge is -2.51. The van der Waals surface area contributed by atoms with Crippen LogP contribution in [0.2, 0.25) is 0 Å². The number of aliphatic hydroxyl groups is 1. The van der Waals surface area contributed by atoms with Gasteiger partial charge in [-0.25, -0.2) is 4.79 Å². The number of hydrogen-bond donors (Lipinski definition) is 1. The predicted molar refractivity (Wildman–Crippen MR) is 145 cm³/mol. The number of aliphatic hydroxyl groups excluding tert-OH is 1. The van der Waals surface area contributed by atoms with E-state index >= 15 is 0 Å². The number of benzene rings is 2. The minimum atomic E-state index is -0.977. The average Bonchev–Trinajstić information content (AvgIpc) is 2.89. The van der Waals surface area contributed by atoms with Crippen molar-refractivity contribution >= 4 is 11.9 Å². The summed E-state index contributed by atoms with van der Waals surface area (Å²) in [6.07, 6.45) is 1.78. The maximum absolute atomic E-state index is 13.8. The number of β-lactam (4-membered cyclic amide) rings is 1. The molecule has 0 radical (unpaired) electrons. The molecule has 1 N–H and O–H groups in total. The van der Waals surface area contributed by atoms with E-state index < -0.39 is 30.1 Å². The number of likely N-dealkylation sites (tertiary alicyclic amines) is 1. The molecule has 7 heteroatoms. The largest absolute Gasteiger partial charge is 0.497 e. The van der Waals surface area contributed by atoms with Gasteiger partial charge in [-0.3, -0.25) is 4.79 Å². The normalized spacial score (nSPS) is 26.2. The van der Waals surface area contributed by atoms with E-state index in [9.17, 15) is 14.7 Å². The molecular formula is C31H41NO6. The van der Waals surface area contributed by atoms with Gasteiger partial charge in [-0.05, 0) is 72.9 Å². The molecule has 4 rings (SSSR count). The SMILES string of the molecule is COc1ccc(C(c2ccc(OC)cc2)N2C(=O)C(C(C)O)C2C(=O)O[C@H]2CC(C)CC[C@H]2C(C)C)cc1. The number of nitrogens with zero attached hydrogens (tertiary/aromatic N) is 1. The predicted octanol–water partition coefficient (Wildman–Crippen LogP) is 5.01. The van der Waals surface area contributed by atoms with Crippen molar-refractivity contribution in [3.8, 4) is 11.5 Å². The zero-order chi connectivity index (χ0) is 27.6. The van der Waals surface area contributed by atoms with E-state index in [4.69, 9.17) is 14.2 Å². The molecule has 1 aliphatic heterocycles. The van der Waals surface area contributed by atoms with E-state index in [1.54, 1.807) is 26.0 Å². The van der Waals surface area contributed by atoms with Crippen molar-refractivity contribution in [3.63, 3.8) is 0 Å². The first-order valence-corrected chi connectivity index (χ1v) is 13.6. The average molecular weight is 524 g/mol. The van der Waals surface area contributed by atoms with E-state index in [1.165, 1.54) is 0 Å². The van der Waals surface area contributed by atoms with Gasteiger partial charge in [-0.15, -0.1) is 0 Å². The summed E-state index contributed by atoms with van der Waals surface area (Å²) in [6.45, 7) is 8.10. The molecule has 2 aromatic carbocycles. The molecule has 206 valence electrons. The van der Waals surface area contributed by atoms with Crippen molar-refractivity contribution in [3.05, 3.63) is 59.7 Å². The molecule has 0 spiro atoms. The van der Waals surface area contributed by atoms with E-state index in [1.807, 2.05) is 48.5 Å². The molecule has 7 nitrogen and oxygen atoms in total. The van der Waals surface area contributed by atoms with Gasteiger partial charge in [-0.2, -0.15) is 0 Å². The fourth-order valence-electron chi connectivity index (χ4n) is 6.11. The minimum Gasteiger partial charge on any atom is -0.497 e. The molecule has 1 heterocycles. The second-order valence-corrected chi connectivity index (χ2v) is 11.2. The second kappa shape index (κ2) is 11.8. The van der Waals surface area contributed by atoms with Crippen LogP contribution in [0.3, 0.4) is 0 Å². The smallest absolute Gasteiger partial charge is 0.330 e. The molecule has 2 aromatic rings. The molecule has 38 heavy (non-hydrogen) atoms. The summed E-state index contributed by atoms with van der Waals surface area (Å²) in [5, 5.41) is 10.5. The molecule has 6 atom stereocenters. The van der Waals surface area contributed by atoms with Crippen molar-refractivity contribution in [1.82, 2.24) is 4.90 Å². The molecular weight excluding hydrogens is 482 g/mol. The Kier molecular flexibility index (Phi) is 8.66. The van der Waals surface area contributed by atoms with Crippen LogP contribution in [-0.2, 0) is 14.3 Å². The third-order valence-corrected chi connectivity index (χ3v) is 8.31. The Hall–Kier alpha value is -3.06. The second-order valence-electron chi connectivity index (χ2n) is 11.2. The number of rotatable bonds is 9. The third kappa shape index (κ3) is 5.53. The maximum atomic E-state index is 13.8. The zero-order valence-corrected chi connectivity index (χ0v) is 23.3. The van der Waals surface area contributed by atoms with Crippen LogP contribution in [0.4, 0.5) is 0 Å². The van der Waals surface area contributed by atoms with Crippen molar-refractivity contribution in [2.45, 2.75) is 71.2 Å². The van der Waals surface area contributed by atoms with Crippen molar-refractivity contribution < 1.29 is 28.9 Å². The van der Waals surface area contributed by atoms with Crippen LogP contribution >= 0.6 is 0 Å². The number of carbonyl (C=O) groups is 2. The van der Waals surface area contributed by atoms with Gasteiger partial charge in [0, 0.05) is 0 Å². The number of methoxy groups -OCH3 is 2. The van der Waals surface area contributed by atoms with Crippen molar-refractivity contribution in [1.29, 1.82) is 0 Å². The van der Waals surface area contributed by atoms with Crippen LogP contribution in [0.15, 0.2) is 48.5 Å². The molecule has 2 aliphatic rings. The number of ether oxygens (including phenoxy) is 3. The minimum absolute atomic E-state index is 0.195. The zero-order valence-electron chi connectivity index (χ0n) is 23.3. The molecule has 1 saturated carbocycles. The Morgan fingerprint density at radius 3 is 1.89 bits per heavy atom. The highest BCUT2D eigenvalue weighted by atomic mass is 16.5. The fraction of sp³-hybridized carbons (Fsp3) is 0.548. The molecule has 0 aromatic heterocycles. The van der Waals surface area contributed by atoms with E-state index in [0.717, 1.165) is 30.4 Å². The van der Waals surface area contributed by atoms with Crippen LogP contribution in [0, 0.1) is 23.7 Å². The van der Waals surface area contributed by atoms with Crippen LogP contribution in [0.1, 0.15) is 64.1 Å². The maximum Gasteiger partial charge on any atom is 0.330 e. The van der Waals surface area contributed by atoms with Crippen LogP contribution in [0.25, 0.3) is 0 Å². The number of hydrogen-bond acceptors (Lipinski definition) is 6. The number of esters is 1. The molecule has 1 aliphatic carbocycles.